The summed E-state index contributed by atoms with van der Waals surface area (Å²) in [5.74, 6) is 0. The van der Waals surface area contributed by atoms with E-state index in [1.807, 2.05) is 30.3 Å². The molecule has 3 heterocycles. The van der Waals surface area contributed by atoms with Crippen LogP contribution in [0.4, 0.5) is 10.5 Å². The molecule has 1 saturated heterocycles. The van der Waals surface area contributed by atoms with E-state index in [1.165, 1.54) is 0 Å². The molecule has 9 heteroatoms. The van der Waals surface area contributed by atoms with Crippen molar-refractivity contribution in [1.82, 2.24) is 23.9 Å². The van der Waals surface area contributed by atoms with Gasteiger partial charge in [-0.2, -0.15) is 8.75 Å². The highest BCUT2D eigenvalue weighted by molar-refractivity contribution is 7.00. The van der Waals surface area contributed by atoms with Gasteiger partial charge in [-0.1, -0.05) is 6.07 Å². The molecule has 4 rings (SSSR count). The molecule has 0 radical (unpaired) electrons. The predicted molar refractivity (Wildman–Crippen MR) is 104 cm³/mol. The smallest absolute Gasteiger partial charge is 0.319 e. The number of urea groups is 1. The molecular weight excluding hydrogens is 364 g/mol. The lowest BCUT2D eigenvalue weighted by atomic mass is 10.1. The van der Waals surface area contributed by atoms with Gasteiger partial charge in [-0.3, -0.25) is 9.88 Å². The Labute approximate surface area is 160 Å². The highest BCUT2D eigenvalue weighted by atomic mass is 32.1. The molecule has 1 atom stereocenters. The van der Waals surface area contributed by atoms with Crippen molar-refractivity contribution in [3.8, 4) is 0 Å². The van der Waals surface area contributed by atoms with Crippen LogP contribution >= 0.6 is 11.7 Å². The van der Waals surface area contributed by atoms with Crippen molar-refractivity contribution in [2.75, 3.05) is 38.2 Å². The second kappa shape index (κ2) is 8.38. The van der Waals surface area contributed by atoms with Gasteiger partial charge < -0.3 is 15.4 Å². The van der Waals surface area contributed by atoms with Crippen molar-refractivity contribution < 1.29 is 9.53 Å². The summed E-state index contributed by atoms with van der Waals surface area (Å²) in [5.41, 5.74) is 3.26. The van der Waals surface area contributed by atoms with E-state index in [2.05, 4.69) is 29.3 Å². The number of nitrogens with one attached hydrogen (secondary N) is 2. The predicted octanol–water partition coefficient (Wildman–Crippen LogP) is 2.28. The summed E-state index contributed by atoms with van der Waals surface area (Å²) in [7, 11) is 0. The van der Waals surface area contributed by atoms with Crippen LogP contribution in [0.25, 0.3) is 11.0 Å². The number of hydrogen-bond donors (Lipinski definition) is 2. The van der Waals surface area contributed by atoms with E-state index < -0.39 is 0 Å². The second-order valence-electron chi connectivity index (χ2n) is 6.22. The first kappa shape index (κ1) is 17.8. The standard InChI is InChI=1S/C18H20N6O2S/c25-18(21-14-2-1-3-15-17(14)23-27-22-15)20-12-16(13-4-6-19-7-5-13)24-8-10-26-11-9-24/h1-7,16H,8-12H2,(H2,20,21,25)/t16-/m0/s1. The first-order chi connectivity index (χ1) is 13.3. The first-order valence-corrected chi connectivity index (χ1v) is 9.52. The van der Waals surface area contributed by atoms with Crippen LogP contribution in [0.2, 0.25) is 0 Å². The van der Waals surface area contributed by atoms with Crippen molar-refractivity contribution >= 4 is 34.5 Å². The third kappa shape index (κ3) is 4.21. The van der Waals surface area contributed by atoms with Gasteiger partial charge >= 0.3 is 6.03 Å². The summed E-state index contributed by atoms with van der Waals surface area (Å²) in [6.45, 7) is 3.56. The number of carbonyl (C=O) groups is 1. The molecule has 2 N–H and O–H groups in total. The Balaban J connectivity index is 1.44. The maximum Gasteiger partial charge on any atom is 0.319 e. The van der Waals surface area contributed by atoms with Gasteiger partial charge in [0.25, 0.3) is 0 Å². The van der Waals surface area contributed by atoms with Gasteiger partial charge in [0.1, 0.15) is 11.0 Å². The lowest BCUT2D eigenvalue weighted by molar-refractivity contribution is 0.0167. The number of fused-ring (bicyclic) bond motifs is 1. The topological polar surface area (TPSA) is 92.3 Å². The zero-order valence-corrected chi connectivity index (χ0v) is 15.5. The molecule has 1 aliphatic rings. The van der Waals surface area contributed by atoms with E-state index in [-0.39, 0.29) is 12.1 Å². The lowest BCUT2D eigenvalue weighted by Gasteiger charge is -2.34. The van der Waals surface area contributed by atoms with Crippen molar-refractivity contribution in [2.24, 2.45) is 0 Å². The van der Waals surface area contributed by atoms with Crippen molar-refractivity contribution in [3.05, 3.63) is 48.3 Å². The van der Waals surface area contributed by atoms with Crippen LogP contribution in [0.1, 0.15) is 11.6 Å². The number of hydrogen-bond acceptors (Lipinski definition) is 7. The molecule has 1 aromatic carbocycles. The van der Waals surface area contributed by atoms with E-state index in [4.69, 9.17) is 4.74 Å². The van der Waals surface area contributed by atoms with Gasteiger partial charge in [-0.25, -0.2) is 4.79 Å². The summed E-state index contributed by atoms with van der Waals surface area (Å²) < 4.78 is 13.9. The molecule has 1 aliphatic heterocycles. The fourth-order valence-electron chi connectivity index (χ4n) is 3.20. The molecule has 1 fully saturated rings. The second-order valence-corrected chi connectivity index (χ2v) is 6.75. The maximum absolute atomic E-state index is 12.5. The number of pyridine rings is 1. The number of anilines is 1. The van der Waals surface area contributed by atoms with Crippen LogP contribution < -0.4 is 10.6 Å². The molecule has 2 amide bonds. The van der Waals surface area contributed by atoms with Crippen molar-refractivity contribution in [3.63, 3.8) is 0 Å². The maximum atomic E-state index is 12.5. The highest BCUT2D eigenvalue weighted by Crippen LogP contribution is 2.22. The van der Waals surface area contributed by atoms with Crippen molar-refractivity contribution in [1.29, 1.82) is 0 Å². The number of morpholine rings is 1. The van der Waals surface area contributed by atoms with E-state index in [0.717, 1.165) is 35.9 Å². The largest absolute Gasteiger partial charge is 0.379 e. The zero-order chi connectivity index (χ0) is 18.5. The normalized spacial score (nSPS) is 16.1. The lowest BCUT2D eigenvalue weighted by Crippen LogP contribution is -2.44. The van der Waals surface area contributed by atoms with Crippen LogP contribution in [0.15, 0.2) is 42.7 Å². The summed E-state index contributed by atoms with van der Waals surface area (Å²) in [6, 6.07) is 9.34. The third-order valence-corrected chi connectivity index (χ3v) is 5.11. The molecular formula is C18H20N6O2S. The van der Waals surface area contributed by atoms with Gasteiger partial charge in [0.2, 0.25) is 0 Å². The minimum atomic E-state index is -0.261. The minimum absolute atomic E-state index is 0.0689. The number of rotatable bonds is 5. The van der Waals surface area contributed by atoms with Crippen LogP contribution in [0, 0.1) is 0 Å². The molecule has 140 valence electrons. The SMILES string of the molecule is O=C(NC[C@@H](c1ccncc1)N1CCOCC1)Nc1cccc2nsnc12. The van der Waals surface area contributed by atoms with Crippen LogP contribution in [0.3, 0.4) is 0 Å². The van der Waals surface area contributed by atoms with Gasteiger partial charge in [0.05, 0.1) is 36.7 Å². The van der Waals surface area contributed by atoms with Crippen LogP contribution in [-0.2, 0) is 4.74 Å². The Morgan fingerprint density at radius 2 is 2.00 bits per heavy atom. The molecule has 8 nitrogen and oxygen atoms in total. The average Bonchev–Trinajstić information content (AvgIpc) is 3.20. The number of amides is 2. The van der Waals surface area contributed by atoms with Crippen LogP contribution in [-0.4, -0.2) is 57.5 Å². The number of benzene rings is 1. The quantitative estimate of drug-likeness (QED) is 0.701. The minimum Gasteiger partial charge on any atom is -0.379 e. The number of aromatic nitrogens is 3. The third-order valence-electron chi connectivity index (χ3n) is 4.57. The summed E-state index contributed by atoms with van der Waals surface area (Å²) in [4.78, 5) is 18.9. The van der Waals surface area contributed by atoms with E-state index in [1.54, 1.807) is 12.4 Å². The average molecular weight is 384 g/mol. The van der Waals surface area contributed by atoms with Gasteiger partial charge in [0.15, 0.2) is 0 Å². The van der Waals surface area contributed by atoms with Gasteiger partial charge in [-0.05, 0) is 29.8 Å². The molecule has 0 spiro atoms. The Hall–Kier alpha value is -2.62. The molecule has 2 aromatic heterocycles. The number of ether oxygens (including phenoxy) is 1. The summed E-state index contributed by atoms with van der Waals surface area (Å²) >= 11 is 1.13. The number of carbonyl (C=O) groups excluding carboxylic acids is 1. The Kier molecular flexibility index (Phi) is 5.52. The zero-order valence-electron chi connectivity index (χ0n) is 14.7. The van der Waals surface area contributed by atoms with Crippen LogP contribution in [0.5, 0.6) is 0 Å². The Morgan fingerprint density at radius 3 is 2.81 bits per heavy atom. The van der Waals surface area contributed by atoms with Crippen molar-refractivity contribution in [2.45, 2.75) is 6.04 Å². The van der Waals surface area contributed by atoms with E-state index >= 15 is 0 Å². The first-order valence-electron chi connectivity index (χ1n) is 8.79. The Morgan fingerprint density at radius 1 is 1.19 bits per heavy atom. The summed E-state index contributed by atoms with van der Waals surface area (Å²) in [5, 5.41) is 5.87. The fourth-order valence-corrected chi connectivity index (χ4v) is 3.75. The monoisotopic (exact) mass is 384 g/mol. The Bertz CT molecular complexity index is 897. The highest BCUT2D eigenvalue weighted by Gasteiger charge is 2.23. The molecule has 0 aliphatic carbocycles. The molecule has 3 aromatic rings. The van der Waals surface area contributed by atoms with Gasteiger partial charge in [0, 0.05) is 32.0 Å². The van der Waals surface area contributed by atoms with Gasteiger partial charge in [-0.15, -0.1) is 0 Å². The molecule has 0 unspecified atom stereocenters. The number of nitrogens with zero attached hydrogens (tertiary/aromatic N) is 4. The van der Waals surface area contributed by atoms with E-state index in [0.29, 0.717) is 31.0 Å². The fraction of sp³-hybridized carbons (Fsp3) is 0.333. The summed E-state index contributed by atoms with van der Waals surface area (Å²) in [6.07, 6.45) is 3.55. The molecule has 27 heavy (non-hydrogen) atoms. The van der Waals surface area contributed by atoms with E-state index in [9.17, 15) is 4.79 Å². The molecule has 0 bridgehead atoms. The molecule has 0 saturated carbocycles.